The van der Waals surface area contributed by atoms with Gasteiger partial charge in [-0.1, -0.05) is 12.1 Å². The molecule has 2 heterocycles. The Morgan fingerprint density at radius 3 is 2.81 bits per heavy atom. The van der Waals surface area contributed by atoms with Crippen molar-refractivity contribution in [3.8, 4) is 5.75 Å². The first-order valence-electron chi connectivity index (χ1n) is 8.57. The molecule has 0 unspecified atom stereocenters. The van der Waals surface area contributed by atoms with Crippen molar-refractivity contribution in [3.63, 3.8) is 0 Å². The SMILES string of the molecule is COc1ccc(CN(C)C(=O)[C@H]2CNC[C@@H]2c2cnn(C)c2)cc1C.Cl. The Morgan fingerprint density at radius 1 is 1.42 bits per heavy atom. The summed E-state index contributed by atoms with van der Waals surface area (Å²) in [6, 6.07) is 6.05. The second kappa shape index (κ2) is 8.56. The van der Waals surface area contributed by atoms with Crippen LogP contribution in [0.4, 0.5) is 0 Å². The summed E-state index contributed by atoms with van der Waals surface area (Å²) in [7, 11) is 5.45. The maximum absolute atomic E-state index is 13.0. The topological polar surface area (TPSA) is 59.4 Å². The van der Waals surface area contributed by atoms with Crippen LogP contribution in [0, 0.1) is 12.8 Å². The fraction of sp³-hybridized carbons (Fsp3) is 0.474. The van der Waals surface area contributed by atoms with E-state index in [1.54, 1.807) is 11.8 Å². The molecule has 142 valence electrons. The number of ether oxygens (including phenoxy) is 1. The molecule has 26 heavy (non-hydrogen) atoms. The van der Waals surface area contributed by atoms with E-state index >= 15 is 0 Å². The molecule has 2 aromatic rings. The van der Waals surface area contributed by atoms with E-state index in [1.165, 1.54) is 0 Å². The minimum Gasteiger partial charge on any atom is -0.496 e. The summed E-state index contributed by atoms with van der Waals surface area (Å²) in [5.41, 5.74) is 3.31. The number of benzene rings is 1. The third-order valence-electron chi connectivity index (χ3n) is 4.94. The van der Waals surface area contributed by atoms with Crippen LogP contribution in [-0.4, -0.2) is 47.8 Å². The van der Waals surface area contributed by atoms with Gasteiger partial charge in [0, 0.05) is 45.8 Å². The van der Waals surface area contributed by atoms with Crippen molar-refractivity contribution >= 4 is 18.3 Å². The third kappa shape index (κ3) is 4.19. The number of rotatable bonds is 5. The predicted molar refractivity (Wildman–Crippen MR) is 104 cm³/mol. The molecule has 7 heteroatoms. The van der Waals surface area contributed by atoms with Gasteiger partial charge in [0.25, 0.3) is 0 Å². The van der Waals surface area contributed by atoms with Crippen molar-refractivity contribution in [3.05, 3.63) is 47.3 Å². The van der Waals surface area contributed by atoms with Crippen LogP contribution in [-0.2, 0) is 18.4 Å². The largest absolute Gasteiger partial charge is 0.496 e. The Kier molecular flexibility index (Phi) is 6.67. The van der Waals surface area contributed by atoms with E-state index in [1.807, 2.05) is 50.4 Å². The van der Waals surface area contributed by atoms with Crippen molar-refractivity contribution < 1.29 is 9.53 Å². The Hall–Kier alpha value is -2.05. The number of aromatic nitrogens is 2. The highest BCUT2D eigenvalue weighted by molar-refractivity contribution is 5.85. The first-order valence-corrected chi connectivity index (χ1v) is 8.57. The van der Waals surface area contributed by atoms with Crippen molar-refractivity contribution in [2.75, 3.05) is 27.2 Å². The molecule has 1 aliphatic heterocycles. The summed E-state index contributed by atoms with van der Waals surface area (Å²) in [5.74, 6) is 1.18. The maximum Gasteiger partial charge on any atom is 0.227 e. The molecular weight excluding hydrogens is 352 g/mol. The molecule has 6 nitrogen and oxygen atoms in total. The molecule has 0 radical (unpaired) electrons. The van der Waals surface area contributed by atoms with Crippen LogP contribution in [0.2, 0.25) is 0 Å². The number of methoxy groups -OCH3 is 1. The number of carbonyl (C=O) groups excluding carboxylic acids is 1. The minimum atomic E-state index is -0.0476. The molecule has 1 saturated heterocycles. The highest BCUT2D eigenvalue weighted by atomic mass is 35.5. The van der Waals surface area contributed by atoms with Gasteiger partial charge in [-0.05, 0) is 29.7 Å². The lowest BCUT2D eigenvalue weighted by molar-refractivity contribution is -0.134. The van der Waals surface area contributed by atoms with E-state index < -0.39 is 0 Å². The molecule has 1 aliphatic rings. The Balaban J connectivity index is 0.00000243. The van der Waals surface area contributed by atoms with E-state index in [0.717, 1.165) is 29.0 Å². The van der Waals surface area contributed by atoms with Gasteiger partial charge in [0.1, 0.15) is 5.75 Å². The fourth-order valence-electron chi connectivity index (χ4n) is 3.59. The maximum atomic E-state index is 13.0. The van der Waals surface area contributed by atoms with Crippen LogP contribution in [0.25, 0.3) is 0 Å². The normalized spacial score (nSPS) is 19.1. The number of amides is 1. The number of hydrogen-bond donors (Lipinski definition) is 1. The molecule has 0 aliphatic carbocycles. The summed E-state index contributed by atoms with van der Waals surface area (Å²) in [6.07, 6.45) is 3.87. The van der Waals surface area contributed by atoms with E-state index in [4.69, 9.17) is 4.74 Å². The lowest BCUT2D eigenvalue weighted by Crippen LogP contribution is -2.35. The van der Waals surface area contributed by atoms with Crippen molar-refractivity contribution in [2.45, 2.75) is 19.4 Å². The summed E-state index contributed by atoms with van der Waals surface area (Å²) in [4.78, 5) is 14.8. The second-order valence-electron chi connectivity index (χ2n) is 6.82. The van der Waals surface area contributed by atoms with Gasteiger partial charge in [-0.3, -0.25) is 9.48 Å². The monoisotopic (exact) mass is 378 g/mol. The van der Waals surface area contributed by atoms with Gasteiger partial charge < -0.3 is 15.0 Å². The number of aryl methyl sites for hydroxylation is 2. The molecule has 2 atom stereocenters. The number of hydrogen-bond acceptors (Lipinski definition) is 4. The Morgan fingerprint density at radius 2 is 2.19 bits per heavy atom. The van der Waals surface area contributed by atoms with Crippen molar-refractivity contribution in [2.24, 2.45) is 13.0 Å². The molecule has 1 amide bonds. The van der Waals surface area contributed by atoms with E-state index in [0.29, 0.717) is 13.1 Å². The number of halogens is 1. The zero-order valence-electron chi connectivity index (χ0n) is 15.7. The smallest absolute Gasteiger partial charge is 0.227 e. The highest BCUT2D eigenvalue weighted by Gasteiger charge is 2.36. The standard InChI is InChI=1S/C19H26N4O2.ClH/c1-13-7-14(5-6-18(13)25-4)11-22(2)19(24)17-10-20-9-16(17)15-8-21-23(3)12-15;/h5-8,12,16-17,20H,9-11H2,1-4H3;1H/t16-,17+;/m1./s1. The van der Waals surface area contributed by atoms with Crippen LogP contribution in [0.15, 0.2) is 30.6 Å². The average molecular weight is 379 g/mol. The van der Waals surface area contributed by atoms with Crippen molar-refractivity contribution in [1.82, 2.24) is 20.0 Å². The summed E-state index contributed by atoms with van der Waals surface area (Å²) < 4.78 is 7.09. The van der Waals surface area contributed by atoms with Gasteiger partial charge in [0.2, 0.25) is 5.91 Å². The molecule has 0 saturated carbocycles. The zero-order valence-corrected chi connectivity index (χ0v) is 16.5. The van der Waals surface area contributed by atoms with Gasteiger partial charge in [-0.25, -0.2) is 0 Å². The lowest BCUT2D eigenvalue weighted by atomic mass is 9.90. The predicted octanol–water partition coefficient (Wildman–Crippen LogP) is 2.12. The highest BCUT2D eigenvalue weighted by Crippen LogP contribution is 2.29. The zero-order chi connectivity index (χ0) is 18.0. The average Bonchev–Trinajstić information content (AvgIpc) is 3.22. The number of nitrogens with zero attached hydrogens (tertiary/aromatic N) is 3. The van der Waals surface area contributed by atoms with E-state index in [9.17, 15) is 4.79 Å². The van der Waals surface area contributed by atoms with Crippen LogP contribution in [0.5, 0.6) is 5.75 Å². The van der Waals surface area contributed by atoms with E-state index in [-0.39, 0.29) is 30.2 Å². The molecule has 1 fully saturated rings. The molecular formula is C19H27ClN4O2. The summed E-state index contributed by atoms with van der Waals surface area (Å²) in [5, 5.41) is 7.60. The Labute approximate surface area is 160 Å². The van der Waals surface area contributed by atoms with Gasteiger partial charge in [0.05, 0.1) is 19.2 Å². The minimum absolute atomic E-state index is 0. The van der Waals surface area contributed by atoms with Crippen LogP contribution >= 0.6 is 12.4 Å². The van der Waals surface area contributed by atoms with Gasteiger partial charge >= 0.3 is 0 Å². The van der Waals surface area contributed by atoms with Crippen LogP contribution in [0.1, 0.15) is 22.6 Å². The molecule has 1 aromatic carbocycles. The van der Waals surface area contributed by atoms with Crippen LogP contribution in [0.3, 0.4) is 0 Å². The summed E-state index contributed by atoms with van der Waals surface area (Å²) in [6.45, 7) is 4.14. The fourth-order valence-corrected chi connectivity index (χ4v) is 3.59. The third-order valence-corrected chi connectivity index (χ3v) is 4.94. The molecule has 1 N–H and O–H groups in total. The number of nitrogens with one attached hydrogen (secondary N) is 1. The van der Waals surface area contributed by atoms with Gasteiger partial charge in [-0.2, -0.15) is 5.10 Å². The van der Waals surface area contributed by atoms with E-state index in [2.05, 4.69) is 16.5 Å². The second-order valence-corrected chi connectivity index (χ2v) is 6.82. The quantitative estimate of drug-likeness (QED) is 0.865. The summed E-state index contributed by atoms with van der Waals surface area (Å²) >= 11 is 0. The Bertz CT molecular complexity index is 762. The van der Waals surface area contributed by atoms with Crippen molar-refractivity contribution in [1.29, 1.82) is 0 Å². The van der Waals surface area contributed by atoms with Crippen LogP contribution < -0.4 is 10.1 Å². The van der Waals surface area contributed by atoms with Gasteiger partial charge in [0.15, 0.2) is 0 Å². The van der Waals surface area contributed by atoms with Gasteiger partial charge in [-0.15, -0.1) is 12.4 Å². The number of carbonyl (C=O) groups is 1. The molecule has 3 rings (SSSR count). The first kappa shape index (κ1) is 20.3. The first-order chi connectivity index (χ1) is 12.0. The molecule has 0 bridgehead atoms. The molecule has 1 aromatic heterocycles. The lowest BCUT2D eigenvalue weighted by Gasteiger charge is -2.24. The molecule has 0 spiro atoms.